The second kappa shape index (κ2) is 8.24. The lowest BCUT2D eigenvalue weighted by Gasteiger charge is -2.03. The summed E-state index contributed by atoms with van der Waals surface area (Å²) in [5.74, 6) is -0.244. The first kappa shape index (κ1) is 18.8. The minimum atomic E-state index is -0.244. The summed E-state index contributed by atoms with van der Waals surface area (Å²) in [4.78, 5) is 16.5. The Kier molecular flexibility index (Phi) is 5.35. The van der Waals surface area contributed by atoms with Gasteiger partial charge in [-0.3, -0.25) is 4.79 Å². The van der Waals surface area contributed by atoms with Crippen LogP contribution in [0.3, 0.4) is 0 Å². The molecule has 0 unspecified atom stereocenters. The van der Waals surface area contributed by atoms with Gasteiger partial charge in [0.1, 0.15) is 0 Å². The molecule has 146 valence electrons. The lowest BCUT2D eigenvalue weighted by Crippen LogP contribution is -2.25. The predicted octanol–water partition coefficient (Wildman–Crippen LogP) is 3.66. The number of amides is 1. The smallest absolute Gasteiger partial charge is 0.259 e. The molecule has 0 saturated carbocycles. The molecule has 7 nitrogen and oxygen atoms in total. The fourth-order valence-corrected chi connectivity index (χ4v) is 3.84. The van der Waals surface area contributed by atoms with E-state index in [9.17, 15) is 4.79 Å². The number of anilines is 1. The van der Waals surface area contributed by atoms with Crippen molar-refractivity contribution in [3.05, 3.63) is 71.5 Å². The average molecular weight is 404 g/mol. The molecule has 0 fully saturated rings. The topological polar surface area (TPSA) is 84.2 Å². The van der Waals surface area contributed by atoms with E-state index in [0.29, 0.717) is 5.13 Å². The quantitative estimate of drug-likeness (QED) is 0.379. The van der Waals surface area contributed by atoms with Gasteiger partial charge in [-0.25, -0.2) is 15.1 Å². The lowest BCUT2D eigenvalue weighted by molar-refractivity contribution is -0.119. The Morgan fingerprint density at radius 1 is 1.14 bits per heavy atom. The van der Waals surface area contributed by atoms with E-state index >= 15 is 0 Å². The molecule has 0 aliphatic rings. The average Bonchev–Trinajstić information content (AvgIpc) is 3.28. The number of hydrazone groups is 1. The third kappa shape index (κ3) is 4.17. The number of aryl methyl sites for hydroxylation is 1. The number of carbonyl (C=O) groups is 1. The normalized spacial score (nSPS) is 11.2. The molecule has 0 spiro atoms. The van der Waals surface area contributed by atoms with Crippen LogP contribution in [0.1, 0.15) is 17.0 Å². The van der Waals surface area contributed by atoms with Crippen molar-refractivity contribution in [2.45, 2.75) is 13.8 Å². The summed E-state index contributed by atoms with van der Waals surface area (Å²) in [6.07, 6.45) is 1.63. The van der Waals surface area contributed by atoms with Gasteiger partial charge in [-0.05, 0) is 38.1 Å². The summed E-state index contributed by atoms with van der Waals surface area (Å²) in [5.41, 5.74) is 7.13. The summed E-state index contributed by atoms with van der Waals surface area (Å²) in [6, 6.07) is 17.8. The number of nitrogens with zero attached hydrogens (tertiary/aromatic N) is 4. The lowest BCUT2D eigenvalue weighted by atomic mass is 10.2. The van der Waals surface area contributed by atoms with Crippen molar-refractivity contribution >= 4 is 38.8 Å². The van der Waals surface area contributed by atoms with Crippen LogP contribution in [0.15, 0.2) is 59.7 Å². The molecule has 0 aliphatic heterocycles. The van der Waals surface area contributed by atoms with E-state index in [-0.39, 0.29) is 12.5 Å². The summed E-state index contributed by atoms with van der Waals surface area (Å²) >= 11 is 1.51. The van der Waals surface area contributed by atoms with Crippen molar-refractivity contribution in [2.24, 2.45) is 5.10 Å². The highest BCUT2D eigenvalue weighted by Gasteiger charge is 2.11. The van der Waals surface area contributed by atoms with Gasteiger partial charge in [-0.1, -0.05) is 41.7 Å². The number of aromatic nitrogens is 3. The molecule has 2 aromatic heterocycles. The van der Waals surface area contributed by atoms with Crippen molar-refractivity contribution in [1.29, 1.82) is 0 Å². The van der Waals surface area contributed by atoms with Crippen molar-refractivity contribution in [3.63, 3.8) is 0 Å². The summed E-state index contributed by atoms with van der Waals surface area (Å²) in [6.45, 7) is 3.99. The van der Waals surface area contributed by atoms with E-state index in [1.165, 1.54) is 11.3 Å². The van der Waals surface area contributed by atoms with Crippen LogP contribution in [-0.2, 0) is 4.79 Å². The summed E-state index contributed by atoms with van der Waals surface area (Å²) in [7, 11) is 0. The number of carbonyl (C=O) groups excluding carboxylic acids is 1. The maximum atomic E-state index is 12.1. The van der Waals surface area contributed by atoms with E-state index in [1.807, 2.05) is 73.1 Å². The van der Waals surface area contributed by atoms with Crippen LogP contribution >= 0.6 is 11.3 Å². The van der Waals surface area contributed by atoms with E-state index in [1.54, 1.807) is 6.21 Å². The minimum absolute atomic E-state index is 0.0956. The molecular formula is C21H20N6OS. The van der Waals surface area contributed by atoms with Crippen LogP contribution < -0.4 is 10.7 Å². The zero-order valence-corrected chi connectivity index (χ0v) is 16.9. The van der Waals surface area contributed by atoms with E-state index in [4.69, 9.17) is 0 Å². The van der Waals surface area contributed by atoms with Gasteiger partial charge in [0.15, 0.2) is 5.13 Å². The SMILES string of the molecule is Cc1nn(-c2ccccc2)c(C)c1/C=N\NC(=O)CNc1nc2ccccc2s1. The van der Waals surface area contributed by atoms with Crippen LogP contribution in [0, 0.1) is 13.8 Å². The number of hydrogen-bond acceptors (Lipinski definition) is 6. The highest BCUT2D eigenvalue weighted by molar-refractivity contribution is 7.22. The molecule has 0 saturated heterocycles. The highest BCUT2D eigenvalue weighted by Crippen LogP contribution is 2.25. The summed E-state index contributed by atoms with van der Waals surface area (Å²) in [5, 5.41) is 12.4. The molecule has 4 rings (SSSR count). The molecule has 29 heavy (non-hydrogen) atoms. The van der Waals surface area contributed by atoms with Gasteiger partial charge in [-0.15, -0.1) is 0 Å². The number of rotatable bonds is 6. The van der Waals surface area contributed by atoms with Crippen molar-refractivity contribution in [3.8, 4) is 5.69 Å². The molecular weight excluding hydrogens is 384 g/mol. The molecule has 1 amide bonds. The monoisotopic (exact) mass is 404 g/mol. The highest BCUT2D eigenvalue weighted by atomic mass is 32.1. The molecule has 2 heterocycles. The second-order valence-corrected chi connectivity index (χ2v) is 7.50. The second-order valence-electron chi connectivity index (χ2n) is 6.47. The van der Waals surface area contributed by atoms with Crippen molar-refractivity contribution in [1.82, 2.24) is 20.2 Å². The third-order valence-corrected chi connectivity index (χ3v) is 5.42. The number of para-hydroxylation sites is 2. The Morgan fingerprint density at radius 3 is 2.69 bits per heavy atom. The molecule has 0 radical (unpaired) electrons. The van der Waals surface area contributed by atoms with Crippen LogP contribution in [0.25, 0.3) is 15.9 Å². The number of nitrogens with one attached hydrogen (secondary N) is 2. The Hall–Kier alpha value is -3.52. The van der Waals surface area contributed by atoms with Gasteiger partial charge in [0, 0.05) is 5.56 Å². The van der Waals surface area contributed by atoms with Crippen LogP contribution in [0.5, 0.6) is 0 Å². The molecule has 0 atom stereocenters. The van der Waals surface area contributed by atoms with Gasteiger partial charge in [0.25, 0.3) is 5.91 Å². The number of hydrogen-bond donors (Lipinski definition) is 2. The first-order valence-electron chi connectivity index (χ1n) is 9.15. The van der Waals surface area contributed by atoms with Crippen LogP contribution in [-0.4, -0.2) is 33.4 Å². The number of thiazole rings is 1. The zero-order valence-electron chi connectivity index (χ0n) is 16.1. The predicted molar refractivity (Wildman–Crippen MR) is 117 cm³/mol. The molecule has 0 aliphatic carbocycles. The number of fused-ring (bicyclic) bond motifs is 1. The zero-order chi connectivity index (χ0) is 20.2. The van der Waals surface area contributed by atoms with Gasteiger partial charge >= 0.3 is 0 Å². The molecule has 0 bridgehead atoms. The van der Waals surface area contributed by atoms with Gasteiger partial charge < -0.3 is 5.32 Å². The van der Waals surface area contributed by atoms with E-state index in [0.717, 1.165) is 32.9 Å². The largest absolute Gasteiger partial charge is 0.352 e. The molecule has 8 heteroatoms. The third-order valence-electron chi connectivity index (χ3n) is 4.43. The van der Waals surface area contributed by atoms with Crippen molar-refractivity contribution in [2.75, 3.05) is 11.9 Å². The molecule has 2 aromatic carbocycles. The molecule has 4 aromatic rings. The minimum Gasteiger partial charge on any atom is -0.352 e. The fourth-order valence-electron chi connectivity index (χ4n) is 2.97. The summed E-state index contributed by atoms with van der Waals surface area (Å²) < 4.78 is 2.95. The maximum Gasteiger partial charge on any atom is 0.259 e. The molecule has 2 N–H and O–H groups in total. The Labute approximate surface area is 172 Å². The fraction of sp³-hybridized carbons (Fsp3) is 0.143. The Bertz CT molecular complexity index is 1150. The van der Waals surface area contributed by atoms with Gasteiger partial charge in [-0.2, -0.15) is 10.2 Å². The van der Waals surface area contributed by atoms with Crippen LogP contribution in [0.2, 0.25) is 0 Å². The first-order valence-corrected chi connectivity index (χ1v) is 9.96. The Morgan fingerprint density at radius 2 is 1.90 bits per heavy atom. The van der Waals surface area contributed by atoms with Gasteiger partial charge in [0.2, 0.25) is 0 Å². The maximum absolute atomic E-state index is 12.1. The number of benzene rings is 2. The van der Waals surface area contributed by atoms with E-state index < -0.39 is 0 Å². The van der Waals surface area contributed by atoms with E-state index in [2.05, 4.69) is 25.9 Å². The van der Waals surface area contributed by atoms with Crippen molar-refractivity contribution < 1.29 is 4.79 Å². The van der Waals surface area contributed by atoms with Gasteiger partial charge in [0.05, 0.1) is 40.1 Å². The first-order chi connectivity index (χ1) is 14.1. The van der Waals surface area contributed by atoms with Crippen LogP contribution in [0.4, 0.5) is 5.13 Å². The standard InChI is InChI=1S/C21H20N6OS/c1-14-17(15(2)27(26-14)16-8-4-3-5-9-16)12-23-25-20(28)13-22-21-24-18-10-6-7-11-19(18)29-21/h3-12H,13H2,1-2H3,(H,22,24)(H,25,28)/b23-12-. The Balaban J connectivity index is 1.37.